The van der Waals surface area contributed by atoms with Gasteiger partial charge in [0.1, 0.15) is 17.3 Å². The molecule has 0 radical (unpaired) electrons. The molecule has 1 saturated carbocycles. The quantitative estimate of drug-likeness (QED) is 0.835. The van der Waals surface area contributed by atoms with E-state index in [0.717, 1.165) is 29.6 Å². The molecule has 1 heterocycles. The lowest BCUT2D eigenvalue weighted by Crippen LogP contribution is -2.32. The van der Waals surface area contributed by atoms with Crippen LogP contribution < -0.4 is 10.1 Å². The molecule has 2 N–H and O–H groups in total. The number of ether oxygens (including phenoxy) is 1. The molecule has 0 spiro atoms. The number of amides is 1. The highest BCUT2D eigenvalue weighted by Gasteiger charge is 2.27. The summed E-state index contributed by atoms with van der Waals surface area (Å²) in [5, 5.41) is 3.02. The second-order valence-electron chi connectivity index (χ2n) is 5.34. The van der Waals surface area contributed by atoms with Crippen molar-refractivity contribution in [3.8, 4) is 5.75 Å². The van der Waals surface area contributed by atoms with E-state index in [4.69, 9.17) is 17.0 Å². The third-order valence-corrected chi connectivity index (χ3v) is 4.00. The van der Waals surface area contributed by atoms with Gasteiger partial charge in [-0.25, -0.2) is 0 Å². The molecule has 1 amide bonds. The first-order valence-corrected chi connectivity index (χ1v) is 7.69. The topological polar surface area (TPSA) is 59.0 Å². The van der Waals surface area contributed by atoms with Crippen molar-refractivity contribution in [2.75, 3.05) is 6.61 Å². The first kappa shape index (κ1) is 14.1. The van der Waals surface area contributed by atoms with Gasteiger partial charge in [-0.05, 0) is 51.0 Å². The lowest BCUT2D eigenvalue weighted by Gasteiger charge is -2.14. The largest absolute Gasteiger partial charge is 0.492 e. The SMILES string of the molecule is CCOc1cccc2c1[nH]c(=S)n2C(C)C(=O)NC1CC1. The summed E-state index contributed by atoms with van der Waals surface area (Å²) in [6.45, 7) is 4.40. The van der Waals surface area contributed by atoms with Crippen LogP contribution in [-0.2, 0) is 4.79 Å². The molecule has 1 aliphatic rings. The minimum absolute atomic E-state index is 0.0105. The van der Waals surface area contributed by atoms with Gasteiger partial charge in [-0.15, -0.1) is 0 Å². The van der Waals surface area contributed by atoms with Gasteiger partial charge in [0, 0.05) is 6.04 Å². The normalized spacial score (nSPS) is 15.9. The van der Waals surface area contributed by atoms with Crippen LogP contribution in [0.3, 0.4) is 0 Å². The molecule has 0 bridgehead atoms. The van der Waals surface area contributed by atoms with E-state index in [9.17, 15) is 4.79 Å². The van der Waals surface area contributed by atoms with Crippen LogP contribution in [0.2, 0.25) is 0 Å². The van der Waals surface area contributed by atoms with Gasteiger partial charge >= 0.3 is 0 Å². The van der Waals surface area contributed by atoms with E-state index in [0.29, 0.717) is 17.4 Å². The summed E-state index contributed by atoms with van der Waals surface area (Å²) in [7, 11) is 0. The third-order valence-electron chi connectivity index (χ3n) is 3.70. The maximum Gasteiger partial charge on any atom is 0.243 e. The smallest absolute Gasteiger partial charge is 0.243 e. The zero-order valence-corrected chi connectivity index (χ0v) is 13.0. The van der Waals surface area contributed by atoms with Gasteiger partial charge in [0.05, 0.1) is 12.1 Å². The summed E-state index contributed by atoms with van der Waals surface area (Å²) in [5.74, 6) is 0.769. The molecule has 0 aliphatic heterocycles. The fourth-order valence-corrected chi connectivity index (χ4v) is 2.81. The standard InChI is InChI=1S/C15H19N3O2S/c1-3-20-12-6-4-5-11-13(12)17-15(21)18(11)9(2)14(19)16-10-7-8-10/h4-6,9-10H,3,7-8H2,1-2H3,(H,16,19)(H,17,21). The highest BCUT2D eigenvalue weighted by molar-refractivity contribution is 7.71. The first-order chi connectivity index (χ1) is 10.1. The number of carbonyl (C=O) groups is 1. The number of hydrogen-bond acceptors (Lipinski definition) is 3. The van der Waals surface area contributed by atoms with E-state index in [1.807, 2.05) is 36.6 Å². The lowest BCUT2D eigenvalue weighted by atomic mass is 10.2. The molecular formula is C15H19N3O2S. The Morgan fingerprint density at radius 3 is 3.00 bits per heavy atom. The second-order valence-corrected chi connectivity index (χ2v) is 5.73. The maximum absolute atomic E-state index is 12.3. The third kappa shape index (κ3) is 2.68. The summed E-state index contributed by atoms with van der Waals surface area (Å²) in [6, 6.07) is 5.77. The Morgan fingerprint density at radius 1 is 1.57 bits per heavy atom. The van der Waals surface area contributed by atoms with Gasteiger partial charge in [0.2, 0.25) is 5.91 Å². The molecule has 1 unspecified atom stereocenters. The molecule has 5 nitrogen and oxygen atoms in total. The number of nitrogens with one attached hydrogen (secondary N) is 2. The number of fused-ring (bicyclic) bond motifs is 1. The monoisotopic (exact) mass is 305 g/mol. The van der Waals surface area contributed by atoms with Crippen molar-refractivity contribution in [1.82, 2.24) is 14.9 Å². The van der Waals surface area contributed by atoms with E-state index in [1.54, 1.807) is 0 Å². The van der Waals surface area contributed by atoms with Crippen molar-refractivity contribution in [3.63, 3.8) is 0 Å². The van der Waals surface area contributed by atoms with E-state index < -0.39 is 0 Å². The Balaban J connectivity index is 2.01. The van der Waals surface area contributed by atoms with Crippen molar-refractivity contribution >= 4 is 29.2 Å². The molecule has 1 aromatic heterocycles. The molecule has 6 heteroatoms. The Bertz CT molecular complexity index is 730. The number of rotatable bonds is 5. The number of carbonyl (C=O) groups excluding carboxylic acids is 1. The van der Waals surface area contributed by atoms with Gasteiger partial charge in [0.25, 0.3) is 0 Å². The predicted molar refractivity (Wildman–Crippen MR) is 84.2 cm³/mol. The molecule has 21 heavy (non-hydrogen) atoms. The van der Waals surface area contributed by atoms with Crippen LogP contribution >= 0.6 is 12.2 Å². The Kier molecular flexibility index (Phi) is 3.71. The van der Waals surface area contributed by atoms with Crippen LogP contribution in [-0.4, -0.2) is 28.1 Å². The van der Waals surface area contributed by atoms with Gasteiger partial charge in [-0.2, -0.15) is 0 Å². The number of aromatic amines is 1. The molecule has 3 rings (SSSR count). The van der Waals surface area contributed by atoms with Crippen LogP contribution in [0.25, 0.3) is 11.0 Å². The molecule has 1 aliphatic carbocycles. The molecule has 1 fully saturated rings. The number of benzene rings is 1. The average Bonchev–Trinajstić information content (AvgIpc) is 3.19. The van der Waals surface area contributed by atoms with Crippen molar-refractivity contribution in [2.24, 2.45) is 0 Å². The van der Waals surface area contributed by atoms with Crippen LogP contribution in [0.1, 0.15) is 32.7 Å². The van der Waals surface area contributed by atoms with Crippen molar-refractivity contribution in [3.05, 3.63) is 23.0 Å². The number of aromatic nitrogens is 2. The van der Waals surface area contributed by atoms with Crippen LogP contribution in [0, 0.1) is 4.77 Å². The second kappa shape index (κ2) is 5.52. The molecule has 0 saturated heterocycles. The van der Waals surface area contributed by atoms with E-state index in [2.05, 4.69) is 10.3 Å². The highest BCUT2D eigenvalue weighted by atomic mass is 32.1. The number of nitrogens with zero attached hydrogens (tertiary/aromatic N) is 1. The zero-order valence-electron chi connectivity index (χ0n) is 12.2. The minimum atomic E-state index is -0.344. The van der Waals surface area contributed by atoms with E-state index in [-0.39, 0.29) is 11.9 Å². The van der Waals surface area contributed by atoms with Crippen molar-refractivity contribution in [1.29, 1.82) is 0 Å². The van der Waals surface area contributed by atoms with Crippen LogP contribution in [0.4, 0.5) is 0 Å². The summed E-state index contributed by atoms with van der Waals surface area (Å²) < 4.78 is 8.00. The van der Waals surface area contributed by atoms with Crippen LogP contribution in [0.5, 0.6) is 5.75 Å². The fourth-order valence-electron chi connectivity index (χ4n) is 2.45. The Morgan fingerprint density at radius 2 is 2.33 bits per heavy atom. The molecule has 2 aromatic rings. The summed E-state index contributed by atoms with van der Waals surface area (Å²) in [5.41, 5.74) is 1.74. The number of hydrogen-bond donors (Lipinski definition) is 2. The molecule has 1 atom stereocenters. The summed E-state index contributed by atoms with van der Waals surface area (Å²) in [6.07, 6.45) is 2.15. The average molecular weight is 305 g/mol. The van der Waals surface area contributed by atoms with E-state index >= 15 is 0 Å². The number of para-hydroxylation sites is 1. The van der Waals surface area contributed by atoms with Gasteiger partial charge in [-0.3, -0.25) is 4.79 Å². The summed E-state index contributed by atoms with van der Waals surface area (Å²) in [4.78, 5) is 15.4. The van der Waals surface area contributed by atoms with E-state index in [1.165, 1.54) is 0 Å². The minimum Gasteiger partial charge on any atom is -0.492 e. The van der Waals surface area contributed by atoms with Crippen molar-refractivity contribution in [2.45, 2.75) is 38.8 Å². The fraction of sp³-hybridized carbons (Fsp3) is 0.467. The predicted octanol–water partition coefficient (Wildman–Crippen LogP) is 2.94. The Labute approximate surface area is 128 Å². The Hall–Kier alpha value is -1.82. The first-order valence-electron chi connectivity index (χ1n) is 7.28. The number of imidazole rings is 1. The maximum atomic E-state index is 12.3. The highest BCUT2D eigenvalue weighted by Crippen LogP contribution is 2.28. The van der Waals surface area contributed by atoms with Crippen molar-refractivity contribution < 1.29 is 9.53 Å². The van der Waals surface area contributed by atoms with Gasteiger partial charge in [0.15, 0.2) is 4.77 Å². The van der Waals surface area contributed by atoms with Gasteiger partial charge in [-0.1, -0.05) is 6.07 Å². The zero-order chi connectivity index (χ0) is 15.0. The molecule has 112 valence electrons. The molecular weight excluding hydrogens is 286 g/mol. The lowest BCUT2D eigenvalue weighted by molar-refractivity contribution is -0.123. The van der Waals surface area contributed by atoms with Gasteiger partial charge < -0.3 is 19.6 Å². The number of H-pyrrole nitrogens is 1. The van der Waals surface area contributed by atoms with Crippen LogP contribution in [0.15, 0.2) is 18.2 Å². The molecule has 1 aromatic carbocycles. The summed E-state index contributed by atoms with van der Waals surface area (Å²) >= 11 is 5.39.